The number of nitrogens with one attached hydrogen (secondary N) is 2. The van der Waals surface area contributed by atoms with Gasteiger partial charge in [0.05, 0.1) is 0 Å². The summed E-state index contributed by atoms with van der Waals surface area (Å²) in [5.41, 5.74) is 0.524. The first-order valence-corrected chi connectivity index (χ1v) is 5.23. The number of hydrogen-bond acceptors (Lipinski definition) is 3. The van der Waals surface area contributed by atoms with Crippen LogP contribution in [0, 0.1) is 5.82 Å². The number of carbonyl (C=O) groups excluding carboxylic acids is 1. The number of hydrogen-bond donors (Lipinski definition) is 2. The van der Waals surface area contributed by atoms with Crippen LogP contribution in [-0.2, 0) is 6.54 Å². The Labute approximate surface area is 102 Å². The lowest BCUT2D eigenvalue weighted by atomic mass is 10.2. The van der Waals surface area contributed by atoms with Crippen molar-refractivity contribution in [1.29, 1.82) is 0 Å². The standard InChI is InChI=1S/C12H10FN3O2/c13-9-3-1-8(2-4-9)7-14-12(18)10-5-6-11(17)16-15-10/h1-6H,7H2,(H,14,18)(H,16,17). The fourth-order valence-electron chi connectivity index (χ4n) is 1.35. The maximum absolute atomic E-state index is 12.7. The van der Waals surface area contributed by atoms with E-state index in [4.69, 9.17) is 0 Å². The van der Waals surface area contributed by atoms with Crippen LogP contribution < -0.4 is 10.9 Å². The molecular weight excluding hydrogens is 237 g/mol. The molecule has 0 fully saturated rings. The molecule has 6 heteroatoms. The van der Waals surface area contributed by atoms with E-state index in [1.54, 1.807) is 12.1 Å². The van der Waals surface area contributed by atoms with E-state index in [0.717, 1.165) is 5.56 Å². The van der Waals surface area contributed by atoms with Crippen LogP contribution in [0.25, 0.3) is 0 Å². The molecule has 92 valence electrons. The summed E-state index contributed by atoms with van der Waals surface area (Å²) in [7, 11) is 0. The first-order valence-electron chi connectivity index (χ1n) is 5.23. The van der Waals surface area contributed by atoms with Crippen LogP contribution in [0.3, 0.4) is 0 Å². The highest BCUT2D eigenvalue weighted by atomic mass is 19.1. The smallest absolute Gasteiger partial charge is 0.271 e. The summed E-state index contributed by atoms with van der Waals surface area (Å²) in [6.07, 6.45) is 0. The molecule has 0 aliphatic carbocycles. The molecule has 0 aliphatic rings. The van der Waals surface area contributed by atoms with Gasteiger partial charge in [0.1, 0.15) is 11.5 Å². The molecule has 0 atom stereocenters. The summed E-state index contributed by atoms with van der Waals surface area (Å²) in [6.45, 7) is 0.264. The molecule has 1 aromatic heterocycles. The van der Waals surface area contributed by atoms with Gasteiger partial charge in [0.25, 0.3) is 11.5 Å². The molecule has 0 saturated heterocycles. The van der Waals surface area contributed by atoms with Gasteiger partial charge in [0, 0.05) is 12.6 Å². The normalized spacial score (nSPS) is 10.1. The monoisotopic (exact) mass is 247 g/mol. The van der Waals surface area contributed by atoms with Gasteiger partial charge in [-0.1, -0.05) is 12.1 Å². The van der Waals surface area contributed by atoms with Crippen LogP contribution in [-0.4, -0.2) is 16.1 Å². The molecule has 2 aromatic rings. The Morgan fingerprint density at radius 3 is 2.56 bits per heavy atom. The number of amides is 1. The lowest BCUT2D eigenvalue weighted by Gasteiger charge is -2.04. The maximum atomic E-state index is 12.7. The van der Waals surface area contributed by atoms with Crippen LogP contribution in [0.15, 0.2) is 41.2 Å². The van der Waals surface area contributed by atoms with Crippen molar-refractivity contribution in [2.75, 3.05) is 0 Å². The minimum Gasteiger partial charge on any atom is -0.347 e. The minimum absolute atomic E-state index is 0.122. The van der Waals surface area contributed by atoms with E-state index in [0.29, 0.717) is 0 Å². The fraction of sp³-hybridized carbons (Fsp3) is 0.0833. The molecule has 0 radical (unpaired) electrons. The van der Waals surface area contributed by atoms with Gasteiger partial charge in [-0.25, -0.2) is 9.49 Å². The molecule has 2 rings (SSSR count). The zero-order valence-corrected chi connectivity index (χ0v) is 9.31. The molecule has 0 aliphatic heterocycles. The topological polar surface area (TPSA) is 74.8 Å². The van der Waals surface area contributed by atoms with Gasteiger partial charge in [-0.05, 0) is 23.8 Å². The van der Waals surface area contributed by atoms with Crippen LogP contribution in [0.1, 0.15) is 16.1 Å². The van der Waals surface area contributed by atoms with E-state index in [1.165, 1.54) is 24.3 Å². The molecule has 18 heavy (non-hydrogen) atoms. The number of nitrogens with zero attached hydrogens (tertiary/aromatic N) is 1. The van der Waals surface area contributed by atoms with Gasteiger partial charge < -0.3 is 5.32 Å². The number of rotatable bonds is 3. The van der Waals surface area contributed by atoms with Crippen LogP contribution in [0.5, 0.6) is 0 Å². The van der Waals surface area contributed by atoms with Gasteiger partial charge >= 0.3 is 0 Å². The largest absolute Gasteiger partial charge is 0.347 e. The fourth-order valence-corrected chi connectivity index (χ4v) is 1.35. The summed E-state index contributed by atoms with van der Waals surface area (Å²) >= 11 is 0. The molecule has 2 N–H and O–H groups in total. The average molecular weight is 247 g/mol. The predicted molar refractivity (Wildman–Crippen MR) is 62.4 cm³/mol. The molecule has 0 saturated carbocycles. The Morgan fingerprint density at radius 2 is 1.94 bits per heavy atom. The van der Waals surface area contributed by atoms with Crippen molar-refractivity contribution in [3.05, 3.63) is 63.8 Å². The Hall–Kier alpha value is -2.50. The predicted octanol–water partition coefficient (Wildman–Crippen LogP) is 0.839. The second-order valence-electron chi connectivity index (χ2n) is 3.62. The summed E-state index contributed by atoms with van der Waals surface area (Å²) in [5.74, 6) is -0.733. The molecule has 5 nitrogen and oxygen atoms in total. The van der Waals surface area contributed by atoms with E-state index in [1.807, 2.05) is 0 Å². The quantitative estimate of drug-likeness (QED) is 0.843. The first-order chi connectivity index (χ1) is 8.65. The van der Waals surface area contributed by atoms with Crippen molar-refractivity contribution >= 4 is 5.91 Å². The molecule has 1 aromatic carbocycles. The number of aromatic nitrogens is 2. The molecule has 1 amide bonds. The molecule has 0 spiro atoms. The Morgan fingerprint density at radius 1 is 1.22 bits per heavy atom. The lowest BCUT2D eigenvalue weighted by Crippen LogP contribution is -2.25. The number of H-pyrrole nitrogens is 1. The van der Waals surface area contributed by atoms with E-state index in [-0.39, 0.29) is 23.6 Å². The second-order valence-corrected chi connectivity index (χ2v) is 3.62. The second kappa shape index (κ2) is 5.22. The first kappa shape index (κ1) is 12.0. The van der Waals surface area contributed by atoms with Crippen molar-refractivity contribution in [2.24, 2.45) is 0 Å². The number of carbonyl (C=O) groups is 1. The molecule has 0 unspecified atom stereocenters. The molecule has 0 bridgehead atoms. The van der Waals surface area contributed by atoms with Gasteiger partial charge in [-0.15, -0.1) is 0 Å². The molecular formula is C12H10FN3O2. The highest BCUT2D eigenvalue weighted by molar-refractivity contribution is 5.91. The van der Waals surface area contributed by atoms with Crippen molar-refractivity contribution in [3.63, 3.8) is 0 Å². The maximum Gasteiger partial charge on any atom is 0.271 e. The van der Waals surface area contributed by atoms with Gasteiger partial charge in [-0.2, -0.15) is 5.10 Å². The van der Waals surface area contributed by atoms with Crippen LogP contribution >= 0.6 is 0 Å². The van der Waals surface area contributed by atoms with Crippen molar-refractivity contribution in [3.8, 4) is 0 Å². The number of halogens is 1. The van der Waals surface area contributed by atoms with E-state index >= 15 is 0 Å². The van der Waals surface area contributed by atoms with E-state index in [2.05, 4.69) is 15.5 Å². The van der Waals surface area contributed by atoms with Crippen LogP contribution in [0.4, 0.5) is 4.39 Å². The van der Waals surface area contributed by atoms with Gasteiger partial charge in [0.15, 0.2) is 0 Å². The van der Waals surface area contributed by atoms with Crippen molar-refractivity contribution in [2.45, 2.75) is 6.54 Å². The van der Waals surface area contributed by atoms with Gasteiger partial charge in [0.2, 0.25) is 0 Å². The third-order valence-electron chi connectivity index (χ3n) is 2.28. The molecule has 1 heterocycles. The van der Waals surface area contributed by atoms with E-state index in [9.17, 15) is 14.0 Å². The van der Waals surface area contributed by atoms with E-state index < -0.39 is 5.91 Å². The highest BCUT2D eigenvalue weighted by Crippen LogP contribution is 2.02. The Balaban J connectivity index is 1.98. The summed E-state index contributed by atoms with van der Waals surface area (Å²) in [5, 5.41) is 8.37. The zero-order valence-electron chi connectivity index (χ0n) is 9.31. The lowest BCUT2D eigenvalue weighted by molar-refractivity contribution is 0.0945. The summed E-state index contributed by atoms with van der Waals surface area (Å²) in [4.78, 5) is 22.4. The minimum atomic E-state index is -0.407. The number of benzene rings is 1. The number of aromatic amines is 1. The average Bonchev–Trinajstić information content (AvgIpc) is 2.38. The Kier molecular flexibility index (Phi) is 3.47. The van der Waals surface area contributed by atoms with Crippen LogP contribution in [0.2, 0.25) is 0 Å². The van der Waals surface area contributed by atoms with Crippen molar-refractivity contribution in [1.82, 2.24) is 15.5 Å². The Bertz CT molecular complexity index is 587. The summed E-state index contributed by atoms with van der Waals surface area (Å²) < 4.78 is 12.7. The highest BCUT2D eigenvalue weighted by Gasteiger charge is 2.06. The SMILES string of the molecule is O=C(NCc1ccc(F)cc1)c1ccc(=O)[nH]n1. The van der Waals surface area contributed by atoms with Crippen molar-refractivity contribution < 1.29 is 9.18 Å². The van der Waals surface area contributed by atoms with Gasteiger partial charge in [-0.3, -0.25) is 9.59 Å². The third kappa shape index (κ3) is 3.00. The third-order valence-corrected chi connectivity index (χ3v) is 2.28. The summed E-state index contributed by atoms with van der Waals surface area (Å²) in [6, 6.07) is 8.35. The zero-order chi connectivity index (χ0) is 13.0.